The second-order valence-corrected chi connectivity index (χ2v) is 5.89. The number of aryl methyl sites for hydroxylation is 1. The third-order valence-electron chi connectivity index (χ3n) is 4.33. The van der Waals surface area contributed by atoms with Gasteiger partial charge in [0.2, 0.25) is 0 Å². The minimum Gasteiger partial charge on any atom is -0.493 e. The van der Waals surface area contributed by atoms with Gasteiger partial charge in [-0.25, -0.2) is 0 Å². The molecule has 1 heterocycles. The number of amides is 1. The van der Waals surface area contributed by atoms with Crippen LogP contribution in [0.2, 0.25) is 0 Å². The third-order valence-corrected chi connectivity index (χ3v) is 4.33. The van der Waals surface area contributed by atoms with E-state index in [1.807, 2.05) is 6.07 Å². The molecule has 1 N–H and O–H groups in total. The fraction of sp³-hybridized carbons (Fsp3) is 0.316. The number of nitrogens with zero attached hydrogens (tertiary/aromatic N) is 1. The lowest BCUT2D eigenvalue weighted by Crippen LogP contribution is -2.24. The number of fused-ring (bicyclic) bond motifs is 1. The van der Waals surface area contributed by atoms with E-state index in [0.29, 0.717) is 17.1 Å². The van der Waals surface area contributed by atoms with Crippen molar-refractivity contribution in [2.45, 2.75) is 12.8 Å². The molecule has 1 amide bonds. The average Bonchev–Trinajstić information content (AvgIpc) is 2.61. The molecule has 0 unspecified atom stereocenters. The van der Waals surface area contributed by atoms with Gasteiger partial charge in [-0.1, -0.05) is 0 Å². The van der Waals surface area contributed by atoms with Gasteiger partial charge in [0.15, 0.2) is 11.5 Å². The number of benzene rings is 2. The summed E-state index contributed by atoms with van der Waals surface area (Å²) in [7, 11) is 5.22. The van der Waals surface area contributed by atoms with E-state index in [2.05, 4.69) is 29.4 Å². The molecule has 0 fully saturated rings. The highest BCUT2D eigenvalue weighted by Crippen LogP contribution is 2.30. The minimum absolute atomic E-state index is 0.167. The van der Waals surface area contributed by atoms with Crippen molar-refractivity contribution in [3.8, 4) is 11.5 Å². The van der Waals surface area contributed by atoms with E-state index in [0.717, 1.165) is 25.1 Å². The number of hydrogen-bond donors (Lipinski definition) is 1. The van der Waals surface area contributed by atoms with Crippen LogP contribution < -0.4 is 19.7 Å². The molecule has 2 aromatic carbocycles. The topological polar surface area (TPSA) is 50.8 Å². The summed E-state index contributed by atoms with van der Waals surface area (Å²) in [5.41, 5.74) is 3.85. The molecule has 0 aromatic heterocycles. The molecule has 0 saturated carbocycles. The predicted octanol–water partition coefficient (Wildman–Crippen LogP) is 3.34. The van der Waals surface area contributed by atoms with E-state index in [9.17, 15) is 4.79 Å². The van der Waals surface area contributed by atoms with E-state index < -0.39 is 0 Å². The maximum atomic E-state index is 12.5. The van der Waals surface area contributed by atoms with Crippen LogP contribution in [0.5, 0.6) is 11.5 Å². The molecule has 1 aliphatic rings. The molecule has 1 aliphatic heterocycles. The van der Waals surface area contributed by atoms with Crippen molar-refractivity contribution in [1.82, 2.24) is 0 Å². The van der Waals surface area contributed by atoms with Crippen LogP contribution in [-0.2, 0) is 6.42 Å². The molecule has 0 aliphatic carbocycles. The number of carbonyl (C=O) groups is 1. The zero-order valence-electron chi connectivity index (χ0n) is 14.3. The van der Waals surface area contributed by atoms with Crippen molar-refractivity contribution in [1.29, 1.82) is 0 Å². The van der Waals surface area contributed by atoms with Gasteiger partial charge in [-0.05, 0) is 54.8 Å². The molecule has 0 radical (unpaired) electrons. The second kappa shape index (κ2) is 6.83. The molecular weight excluding hydrogens is 304 g/mol. The number of methoxy groups -OCH3 is 2. The molecule has 3 rings (SSSR count). The average molecular weight is 326 g/mol. The standard InChI is InChI=1S/C19H22N2O3/c1-21-10-4-5-13-11-15(7-8-16(13)21)20-19(22)14-6-9-17(23-2)18(12-14)24-3/h6-9,11-12H,4-5,10H2,1-3H3,(H,20,22). The molecule has 126 valence electrons. The van der Waals surface area contributed by atoms with Gasteiger partial charge >= 0.3 is 0 Å². The van der Waals surface area contributed by atoms with E-state index in [1.165, 1.54) is 11.3 Å². The van der Waals surface area contributed by atoms with Crippen molar-refractivity contribution in [3.63, 3.8) is 0 Å². The number of carbonyl (C=O) groups excluding carboxylic acids is 1. The van der Waals surface area contributed by atoms with Gasteiger partial charge in [0.25, 0.3) is 5.91 Å². The van der Waals surface area contributed by atoms with Gasteiger partial charge in [0.05, 0.1) is 14.2 Å². The first-order valence-corrected chi connectivity index (χ1v) is 8.00. The lowest BCUT2D eigenvalue weighted by atomic mass is 10.0. The normalized spacial score (nSPS) is 13.2. The Hall–Kier alpha value is -2.69. The van der Waals surface area contributed by atoms with Crippen molar-refractivity contribution in [2.24, 2.45) is 0 Å². The molecule has 0 saturated heterocycles. The Labute approximate surface area is 142 Å². The predicted molar refractivity (Wildman–Crippen MR) is 95.5 cm³/mol. The lowest BCUT2D eigenvalue weighted by molar-refractivity contribution is 0.102. The molecule has 24 heavy (non-hydrogen) atoms. The van der Waals surface area contributed by atoms with Crippen molar-refractivity contribution in [3.05, 3.63) is 47.5 Å². The van der Waals surface area contributed by atoms with Crippen LogP contribution in [0, 0.1) is 0 Å². The quantitative estimate of drug-likeness (QED) is 0.936. The summed E-state index contributed by atoms with van der Waals surface area (Å²) in [6.45, 7) is 1.07. The summed E-state index contributed by atoms with van der Waals surface area (Å²) in [5.74, 6) is 0.975. The fourth-order valence-corrected chi connectivity index (χ4v) is 3.04. The molecule has 0 spiro atoms. The Kier molecular flexibility index (Phi) is 4.60. The Bertz CT molecular complexity index is 758. The first kappa shape index (κ1) is 16.2. The Morgan fingerprint density at radius 3 is 2.62 bits per heavy atom. The Morgan fingerprint density at radius 1 is 1.08 bits per heavy atom. The summed E-state index contributed by atoms with van der Waals surface area (Å²) in [5, 5.41) is 2.96. The van der Waals surface area contributed by atoms with Gasteiger partial charge in [-0.3, -0.25) is 4.79 Å². The van der Waals surface area contributed by atoms with E-state index >= 15 is 0 Å². The highest BCUT2D eigenvalue weighted by Gasteiger charge is 2.15. The van der Waals surface area contributed by atoms with Crippen molar-refractivity contribution in [2.75, 3.05) is 38.0 Å². The fourth-order valence-electron chi connectivity index (χ4n) is 3.04. The monoisotopic (exact) mass is 326 g/mol. The van der Waals surface area contributed by atoms with Crippen LogP contribution in [0.25, 0.3) is 0 Å². The number of rotatable bonds is 4. The van der Waals surface area contributed by atoms with E-state index in [-0.39, 0.29) is 5.91 Å². The van der Waals surface area contributed by atoms with Gasteiger partial charge in [0, 0.05) is 30.5 Å². The summed E-state index contributed by atoms with van der Waals surface area (Å²) in [6, 6.07) is 11.2. The number of hydrogen-bond acceptors (Lipinski definition) is 4. The van der Waals surface area contributed by atoms with Crippen molar-refractivity contribution < 1.29 is 14.3 Å². The summed E-state index contributed by atoms with van der Waals surface area (Å²) < 4.78 is 10.5. The lowest BCUT2D eigenvalue weighted by Gasteiger charge is -2.27. The van der Waals surface area contributed by atoms with Crippen molar-refractivity contribution >= 4 is 17.3 Å². The SMILES string of the molecule is COc1ccc(C(=O)Nc2ccc3c(c2)CCCN3C)cc1OC. The van der Waals surface area contributed by atoms with Crippen LogP contribution >= 0.6 is 0 Å². The van der Waals surface area contributed by atoms with E-state index in [1.54, 1.807) is 32.4 Å². The van der Waals surface area contributed by atoms with Crippen LogP contribution in [0.1, 0.15) is 22.3 Å². The van der Waals surface area contributed by atoms with Crippen LogP contribution in [0.15, 0.2) is 36.4 Å². The number of nitrogens with one attached hydrogen (secondary N) is 1. The molecule has 2 aromatic rings. The van der Waals surface area contributed by atoms with E-state index in [4.69, 9.17) is 9.47 Å². The third kappa shape index (κ3) is 3.15. The second-order valence-electron chi connectivity index (χ2n) is 5.89. The van der Waals surface area contributed by atoms with Crippen LogP contribution in [-0.4, -0.2) is 33.7 Å². The van der Waals surface area contributed by atoms with Crippen LogP contribution in [0.3, 0.4) is 0 Å². The largest absolute Gasteiger partial charge is 0.493 e. The maximum Gasteiger partial charge on any atom is 0.255 e. The molecule has 0 atom stereocenters. The zero-order chi connectivity index (χ0) is 17.1. The van der Waals surface area contributed by atoms with Crippen LogP contribution in [0.4, 0.5) is 11.4 Å². The summed E-state index contributed by atoms with van der Waals surface area (Å²) >= 11 is 0. The Balaban J connectivity index is 1.80. The number of ether oxygens (including phenoxy) is 2. The highest BCUT2D eigenvalue weighted by atomic mass is 16.5. The van der Waals surface area contributed by atoms with Gasteiger partial charge in [-0.15, -0.1) is 0 Å². The number of anilines is 2. The highest BCUT2D eigenvalue weighted by molar-refractivity contribution is 6.04. The molecular formula is C19H22N2O3. The van der Waals surface area contributed by atoms with Gasteiger partial charge in [0.1, 0.15) is 0 Å². The summed E-state index contributed by atoms with van der Waals surface area (Å²) in [4.78, 5) is 14.7. The first-order chi connectivity index (χ1) is 11.6. The molecule has 5 nitrogen and oxygen atoms in total. The zero-order valence-corrected chi connectivity index (χ0v) is 14.3. The smallest absolute Gasteiger partial charge is 0.255 e. The first-order valence-electron chi connectivity index (χ1n) is 8.00. The maximum absolute atomic E-state index is 12.5. The Morgan fingerprint density at radius 2 is 1.88 bits per heavy atom. The minimum atomic E-state index is -0.167. The molecule has 5 heteroatoms. The molecule has 0 bridgehead atoms. The van der Waals surface area contributed by atoms with Gasteiger partial charge < -0.3 is 19.7 Å². The van der Waals surface area contributed by atoms with Gasteiger partial charge in [-0.2, -0.15) is 0 Å². The summed E-state index contributed by atoms with van der Waals surface area (Å²) in [6.07, 6.45) is 2.18.